The minimum Gasteiger partial charge on any atom is -0.303 e. The van der Waals surface area contributed by atoms with Crippen LogP contribution in [0.4, 0.5) is 0 Å². The van der Waals surface area contributed by atoms with Crippen LogP contribution in [0, 0.1) is 0 Å². The first-order chi connectivity index (χ1) is 17.3. The molecule has 5 aromatic rings. The summed E-state index contributed by atoms with van der Waals surface area (Å²) in [4.78, 5) is 24.3. The summed E-state index contributed by atoms with van der Waals surface area (Å²) in [5.41, 5.74) is 7.70. The van der Waals surface area contributed by atoms with Crippen molar-refractivity contribution in [3.05, 3.63) is 117 Å². The molecule has 5 nitrogen and oxygen atoms in total. The van der Waals surface area contributed by atoms with Crippen molar-refractivity contribution in [2.45, 2.75) is 37.9 Å². The number of nitrogens with one attached hydrogen (secondary N) is 1. The van der Waals surface area contributed by atoms with Gasteiger partial charge < -0.3 is 5.32 Å². The smallest absolute Gasteiger partial charge is 0.262 e. The Morgan fingerprint density at radius 2 is 1.69 bits per heavy atom. The number of aromatic nitrogens is 3. The van der Waals surface area contributed by atoms with E-state index in [1.54, 1.807) is 34.6 Å². The first-order valence-corrected chi connectivity index (χ1v) is 12.9. The van der Waals surface area contributed by atoms with E-state index >= 15 is 0 Å². The van der Waals surface area contributed by atoms with Crippen LogP contribution < -0.4 is 10.9 Å². The van der Waals surface area contributed by atoms with Gasteiger partial charge in [-0.25, -0.2) is 4.98 Å². The minimum absolute atomic E-state index is 0.0642. The van der Waals surface area contributed by atoms with E-state index in [9.17, 15) is 4.79 Å². The predicted molar refractivity (Wildman–Crippen MR) is 140 cm³/mol. The van der Waals surface area contributed by atoms with Crippen LogP contribution in [0.5, 0.6) is 0 Å². The van der Waals surface area contributed by atoms with Crippen molar-refractivity contribution in [3.63, 3.8) is 0 Å². The van der Waals surface area contributed by atoms with Crippen molar-refractivity contribution < 1.29 is 0 Å². The van der Waals surface area contributed by atoms with Gasteiger partial charge in [0.15, 0.2) is 0 Å². The van der Waals surface area contributed by atoms with Crippen LogP contribution in [0.2, 0.25) is 0 Å². The van der Waals surface area contributed by atoms with Crippen LogP contribution in [-0.4, -0.2) is 20.6 Å². The highest BCUT2D eigenvalue weighted by Crippen LogP contribution is 2.44. The van der Waals surface area contributed by atoms with Crippen LogP contribution in [0.3, 0.4) is 0 Å². The van der Waals surface area contributed by atoms with Gasteiger partial charge in [-0.3, -0.25) is 14.3 Å². The summed E-state index contributed by atoms with van der Waals surface area (Å²) in [6.45, 7) is 0.513. The summed E-state index contributed by atoms with van der Waals surface area (Å²) in [5.74, 6) is 0. The average Bonchev–Trinajstić information content (AvgIpc) is 3.43. The van der Waals surface area contributed by atoms with Gasteiger partial charge in [0, 0.05) is 23.3 Å². The maximum absolute atomic E-state index is 13.4. The second-order valence-electron chi connectivity index (χ2n) is 9.43. The molecule has 35 heavy (non-hydrogen) atoms. The highest BCUT2D eigenvalue weighted by molar-refractivity contribution is 7.18. The highest BCUT2D eigenvalue weighted by Gasteiger charge is 2.32. The number of hydrogen-bond acceptors (Lipinski definition) is 5. The molecular weight excluding hydrogens is 452 g/mol. The van der Waals surface area contributed by atoms with Gasteiger partial charge in [0.1, 0.15) is 4.83 Å². The number of rotatable bonds is 4. The first kappa shape index (κ1) is 20.7. The Hall–Kier alpha value is -3.61. The summed E-state index contributed by atoms with van der Waals surface area (Å²) in [6, 6.07) is 21.9. The molecular formula is C29H24N4OS. The fourth-order valence-corrected chi connectivity index (χ4v) is 6.97. The summed E-state index contributed by atoms with van der Waals surface area (Å²) < 4.78 is 1.72. The van der Waals surface area contributed by atoms with Crippen LogP contribution in [0.25, 0.3) is 21.3 Å². The fraction of sp³-hybridized carbons (Fsp3) is 0.207. The lowest BCUT2D eigenvalue weighted by Gasteiger charge is -2.28. The molecule has 2 aromatic carbocycles. The third-order valence-corrected chi connectivity index (χ3v) is 8.54. The van der Waals surface area contributed by atoms with E-state index in [1.807, 2.05) is 12.1 Å². The molecule has 0 saturated carbocycles. The number of hydrogen-bond donors (Lipinski definition) is 1. The van der Waals surface area contributed by atoms with Gasteiger partial charge in [-0.2, -0.15) is 0 Å². The number of thiophene rings is 1. The number of aryl methyl sites for hydroxylation is 1. The molecule has 1 unspecified atom stereocenters. The van der Waals surface area contributed by atoms with Crippen molar-refractivity contribution in [1.29, 1.82) is 0 Å². The molecule has 0 spiro atoms. The van der Waals surface area contributed by atoms with Gasteiger partial charge in [0.2, 0.25) is 0 Å². The maximum atomic E-state index is 13.4. The average molecular weight is 477 g/mol. The Bertz CT molecular complexity index is 1580. The van der Waals surface area contributed by atoms with Crippen LogP contribution in [-0.2, 0) is 19.4 Å². The molecule has 3 aromatic heterocycles. The van der Waals surface area contributed by atoms with E-state index in [1.165, 1.54) is 32.7 Å². The summed E-state index contributed by atoms with van der Waals surface area (Å²) in [5, 5.41) is 4.79. The molecule has 0 saturated heterocycles. The number of benzene rings is 2. The summed E-state index contributed by atoms with van der Waals surface area (Å²) in [6.07, 6.45) is 8.05. The van der Waals surface area contributed by atoms with Gasteiger partial charge in [0.25, 0.3) is 5.56 Å². The predicted octanol–water partition coefficient (Wildman–Crippen LogP) is 5.12. The van der Waals surface area contributed by atoms with E-state index in [0.29, 0.717) is 12.6 Å². The second-order valence-corrected chi connectivity index (χ2v) is 10.5. The van der Waals surface area contributed by atoms with Crippen molar-refractivity contribution in [2.75, 3.05) is 0 Å². The molecule has 2 aliphatic rings. The van der Waals surface area contributed by atoms with Crippen molar-refractivity contribution in [1.82, 2.24) is 19.9 Å². The topological polar surface area (TPSA) is 59.8 Å². The molecule has 2 aliphatic carbocycles. The lowest BCUT2D eigenvalue weighted by atomic mass is 9.91. The zero-order valence-corrected chi connectivity index (χ0v) is 20.0. The Labute approximate surface area is 207 Å². The molecule has 172 valence electrons. The van der Waals surface area contributed by atoms with Gasteiger partial charge in [-0.1, -0.05) is 48.5 Å². The normalized spacial score (nSPS) is 16.7. The molecule has 0 bridgehead atoms. The molecule has 0 aliphatic heterocycles. The lowest BCUT2D eigenvalue weighted by Crippen LogP contribution is -2.36. The van der Waals surface area contributed by atoms with E-state index in [-0.39, 0.29) is 11.6 Å². The van der Waals surface area contributed by atoms with Crippen molar-refractivity contribution in [2.24, 2.45) is 0 Å². The SMILES string of the molecule is O=c1c2c3c(sc2ncn1Cc1ccncc1)CC(NC1c2ccccc2-c2ccccc21)CC3. The molecule has 3 heterocycles. The largest absolute Gasteiger partial charge is 0.303 e. The molecule has 0 amide bonds. The molecule has 0 fully saturated rings. The second kappa shape index (κ2) is 8.26. The Kier molecular flexibility index (Phi) is 4.89. The standard InChI is InChI=1S/C29H24N4OS/c34-29-26-24-10-9-19(32-27-22-7-3-1-5-20(22)21-6-2-4-8-23(21)27)15-25(24)35-28(26)31-17-33(29)16-18-11-13-30-14-12-18/h1-8,11-14,17,19,27,32H,9-10,15-16H2. The zero-order valence-electron chi connectivity index (χ0n) is 19.1. The van der Waals surface area contributed by atoms with Crippen LogP contribution >= 0.6 is 11.3 Å². The summed E-state index contributed by atoms with van der Waals surface area (Å²) >= 11 is 1.69. The number of fused-ring (bicyclic) bond motifs is 6. The molecule has 1 atom stereocenters. The fourth-order valence-electron chi connectivity index (χ4n) is 5.71. The molecule has 6 heteroatoms. The third kappa shape index (κ3) is 3.44. The van der Waals surface area contributed by atoms with Crippen molar-refractivity contribution >= 4 is 21.6 Å². The van der Waals surface area contributed by atoms with E-state index in [0.717, 1.165) is 35.0 Å². The summed E-state index contributed by atoms with van der Waals surface area (Å²) in [7, 11) is 0. The molecule has 0 radical (unpaired) electrons. The van der Waals surface area contributed by atoms with Gasteiger partial charge >= 0.3 is 0 Å². The number of pyridine rings is 1. The van der Waals surface area contributed by atoms with Gasteiger partial charge in [-0.05, 0) is 64.8 Å². The van der Waals surface area contributed by atoms with Gasteiger partial charge in [-0.15, -0.1) is 11.3 Å². The highest BCUT2D eigenvalue weighted by atomic mass is 32.1. The maximum Gasteiger partial charge on any atom is 0.262 e. The van der Waals surface area contributed by atoms with Crippen LogP contribution in [0.15, 0.2) is 84.2 Å². The quantitative estimate of drug-likeness (QED) is 0.391. The first-order valence-electron chi connectivity index (χ1n) is 12.1. The monoisotopic (exact) mass is 476 g/mol. The Morgan fingerprint density at radius 1 is 0.971 bits per heavy atom. The number of nitrogens with zero attached hydrogens (tertiary/aromatic N) is 3. The third-order valence-electron chi connectivity index (χ3n) is 7.37. The van der Waals surface area contributed by atoms with E-state index in [4.69, 9.17) is 0 Å². The Balaban J connectivity index is 1.19. The van der Waals surface area contributed by atoms with Crippen molar-refractivity contribution in [3.8, 4) is 11.1 Å². The minimum atomic E-state index is 0.0642. The van der Waals surface area contributed by atoms with Crippen LogP contribution in [0.1, 0.15) is 39.6 Å². The van der Waals surface area contributed by atoms with E-state index < -0.39 is 0 Å². The lowest BCUT2D eigenvalue weighted by molar-refractivity contribution is 0.434. The Morgan fingerprint density at radius 3 is 2.43 bits per heavy atom. The van der Waals surface area contributed by atoms with Gasteiger partial charge in [0.05, 0.1) is 24.3 Å². The zero-order chi connectivity index (χ0) is 23.4. The molecule has 1 N–H and O–H groups in total. The van der Waals surface area contributed by atoms with E-state index in [2.05, 4.69) is 63.8 Å². The molecule has 7 rings (SSSR count).